The van der Waals surface area contributed by atoms with E-state index in [1.165, 1.54) is 6.07 Å². The minimum atomic E-state index is -4.33. The quantitative estimate of drug-likeness (QED) is 0.885. The smallest absolute Gasteiger partial charge is 0.369 e. The molecule has 1 aromatic heterocycles. The van der Waals surface area contributed by atoms with E-state index in [4.69, 9.17) is 0 Å². The van der Waals surface area contributed by atoms with E-state index in [0.29, 0.717) is 12.4 Å². The van der Waals surface area contributed by atoms with Gasteiger partial charge < -0.3 is 10.2 Å². The average molecular weight is 247 g/mol. The van der Waals surface area contributed by atoms with Crippen LogP contribution >= 0.6 is 0 Å². The summed E-state index contributed by atoms with van der Waals surface area (Å²) in [7, 11) is 3.87. The van der Waals surface area contributed by atoms with Gasteiger partial charge in [0.1, 0.15) is 5.82 Å². The molecular weight excluding hydrogens is 231 g/mol. The SMILES string of the molecule is CC(CNc1ccc(C(F)(F)F)cn1)N(C)C. The van der Waals surface area contributed by atoms with Gasteiger partial charge in [-0.25, -0.2) is 4.98 Å². The van der Waals surface area contributed by atoms with Crippen molar-refractivity contribution < 1.29 is 13.2 Å². The first-order chi connectivity index (χ1) is 7.80. The molecule has 0 bridgehead atoms. The van der Waals surface area contributed by atoms with Crippen molar-refractivity contribution in [2.24, 2.45) is 0 Å². The highest BCUT2D eigenvalue weighted by Crippen LogP contribution is 2.28. The van der Waals surface area contributed by atoms with E-state index < -0.39 is 11.7 Å². The highest BCUT2D eigenvalue weighted by atomic mass is 19.4. The Balaban J connectivity index is 2.57. The molecule has 0 amide bonds. The standard InChI is InChI=1S/C11H16F3N3/c1-8(17(2)3)6-15-10-5-4-9(7-16-10)11(12,13)14/h4-5,7-8H,6H2,1-3H3,(H,15,16). The van der Waals surface area contributed by atoms with Crippen LogP contribution in [0.25, 0.3) is 0 Å². The maximum absolute atomic E-state index is 12.3. The number of nitrogens with zero attached hydrogens (tertiary/aromatic N) is 2. The Morgan fingerprint density at radius 3 is 2.41 bits per heavy atom. The van der Waals surface area contributed by atoms with E-state index in [9.17, 15) is 13.2 Å². The number of hydrogen-bond donors (Lipinski definition) is 1. The fourth-order valence-electron chi connectivity index (χ4n) is 1.10. The average Bonchev–Trinajstić information content (AvgIpc) is 2.25. The van der Waals surface area contributed by atoms with Crippen LogP contribution in [0.4, 0.5) is 19.0 Å². The van der Waals surface area contributed by atoms with Crippen LogP contribution in [0.15, 0.2) is 18.3 Å². The monoisotopic (exact) mass is 247 g/mol. The second-order valence-electron chi connectivity index (χ2n) is 4.12. The maximum Gasteiger partial charge on any atom is 0.417 e. The number of alkyl halides is 3. The highest BCUT2D eigenvalue weighted by molar-refractivity contribution is 5.36. The number of nitrogens with one attached hydrogen (secondary N) is 1. The van der Waals surface area contributed by atoms with Gasteiger partial charge in [0.15, 0.2) is 0 Å². The number of anilines is 1. The maximum atomic E-state index is 12.3. The van der Waals surface area contributed by atoms with Gasteiger partial charge in [-0.15, -0.1) is 0 Å². The lowest BCUT2D eigenvalue weighted by atomic mass is 10.2. The van der Waals surface area contributed by atoms with E-state index in [2.05, 4.69) is 10.3 Å². The molecule has 17 heavy (non-hydrogen) atoms. The van der Waals surface area contributed by atoms with Crippen LogP contribution in [0.1, 0.15) is 12.5 Å². The number of pyridine rings is 1. The molecule has 0 spiro atoms. The number of aromatic nitrogens is 1. The van der Waals surface area contributed by atoms with Crippen molar-refractivity contribution in [1.82, 2.24) is 9.88 Å². The number of rotatable bonds is 4. The van der Waals surface area contributed by atoms with Crippen LogP contribution in [0, 0.1) is 0 Å². The Hall–Kier alpha value is -1.30. The molecular formula is C11H16F3N3. The molecule has 0 aromatic carbocycles. The summed E-state index contributed by atoms with van der Waals surface area (Å²) < 4.78 is 36.8. The summed E-state index contributed by atoms with van der Waals surface area (Å²) in [5.74, 6) is 0.451. The first-order valence-corrected chi connectivity index (χ1v) is 5.24. The van der Waals surface area contributed by atoms with Crippen molar-refractivity contribution in [2.45, 2.75) is 19.1 Å². The lowest BCUT2D eigenvalue weighted by molar-refractivity contribution is -0.137. The van der Waals surface area contributed by atoms with Gasteiger partial charge in [0, 0.05) is 18.8 Å². The van der Waals surface area contributed by atoms with Gasteiger partial charge in [-0.3, -0.25) is 0 Å². The molecule has 0 aliphatic rings. The topological polar surface area (TPSA) is 28.2 Å². The zero-order valence-corrected chi connectivity index (χ0v) is 10.0. The summed E-state index contributed by atoms with van der Waals surface area (Å²) in [6.07, 6.45) is -3.49. The predicted octanol–water partition coefficient (Wildman–Crippen LogP) is 2.46. The molecule has 1 atom stereocenters. The van der Waals surface area contributed by atoms with Crippen LogP contribution in [-0.4, -0.2) is 36.6 Å². The molecule has 0 radical (unpaired) electrons. The van der Waals surface area contributed by atoms with E-state index in [1.54, 1.807) is 0 Å². The molecule has 3 nitrogen and oxygen atoms in total. The van der Waals surface area contributed by atoms with E-state index in [0.717, 1.165) is 12.3 Å². The molecule has 1 heterocycles. The number of hydrogen-bond acceptors (Lipinski definition) is 3. The van der Waals surface area contributed by atoms with Gasteiger partial charge >= 0.3 is 6.18 Å². The fourth-order valence-corrected chi connectivity index (χ4v) is 1.10. The molecule has 0 fully saturated rings. The third-order valence-corrected chi connectivity index (χ3v) is 2.55. The zero-order valence-electron chi connectivity index (χ0n) is 10.0. The normalized spacial score (nSPS) is 13.8. The van der Waals surface area contributed by atoms with Crippen LogP contribution in [0.3, 0.4) is 0 Å². The van der Waals surface area contributed by atoms with Crippen molar-refractivity contribution in [3.05, 3.63) is 23.9 Å². The molecule has 6 heteroatoms. The fraction of sp³-hybridized carbons (Fsp3) is 0.545. The first kappa shape index (κ1) is 13.8. The second-order valence-corrected chi connectivity index (χ2v) is 4.12. The Morgan fingerprint density at radius 2 is 2.00 bits per heavy atom. The molecule has 1 N–H and O–H groups in total. The molecule has 0 saturated heterocycles. The summed E-state index contributed by atoms with van der Waals surface area (Å²) in [4.78, 5) is 5.74. The second kappa shape index (κ2) is 5.35. The molecule has 1 rings (SSSR count). The van der Waals surface area contributed by atoms with Crippen LogP contribution in [-0.2, 0) is 6.18 Å². The van der Waals surface area contributed by atoms with Gasteiger partial charge in [0.25, 0.3) is 0 Å². The van der Waals surface area contributed by atoms with Gasteiger partial charge in [-0.2, -0.15) is 13.2 Å². The Labute approximate surface area is 98.6 Å². The van der Waals surface area contributed by atoms with Gasteiger partial charge in [0.2, 0.25) is 0 Å². The van der Waals surface area contributed by atoms with Crippen LogP contribution in [0.5, 0.6) is 0 Å². The van der Waals surface area contributed by atoms with Crippen molar-refractivity contribution in [2.75, 3.05) is 26.0 Å². The summed E-state index contributed by atoms with van der Waals surface area (Å²) >= 11 is 0. The van der Waals surface area contributed by atoms with Gasteiger partial charge in [0.05, 0.1) is 5.56 Å². The highest BCUT2D eigenvalue weighted by Gasteiger charge is 2.30. The summed E-state index contributed by atoms with van der Waals surface area (Å²) in [5, 5.41) is 2.98. The van der Waals surface area contributed by atoms with Crippen molar-refractivity contribution in [3.63, 3.8) is 0 Å². The summed E-state index contributed by atoms with van der Waals surface area (Å²) in [6, 6.07) is 2.64. The molecule has 0 saturated carbocycles. The van der Waals surface area contributed by atoms with Gasteiger partial charge in [-0.1, -0.05) is 0 Å². The molecule has 96 valence electrons. The predicted molar refractivity (Wildman–Crippen MR) is 60.9 cm³/mol. The van der Waals surface area contributed by atoms with Crippen LogP contribution < -0.4 is 5.32 Å². The summed E-state index contributed by atoms with van der Waals surface area (Å²) in [5.41, 5.74) is -0.733. The Bertz CT molecular complexity index is 346. The molecule has 1 aromatic rings. The van der Waals surface area contributed by atoms with Gasteiger partial charge in [-0.05, 0) is 33.2 Å². The van der Waals surface area contributed by atoms with E-state index in [-0.39, 0.29) is 6.04 Å². The number of halogens is 3. The minimum Gasteiger partial charge on any atom is -0.369 e. The number of likely N-dealkylation sites (N-methyl/N-ethyl adjacent to an activating group) is 1. The first-order valence-electron chi connectivity index (χ1n) is 5.24. The van der Waals surface area contributed by atoms with E-state index in [1.807, 2.05) is 25.9 Å². The Morgan fingerprint density at radius 1 is 1.35 bits per heavy atom. The van der Waals surface area contributed by atoms with Crippen molar-refractivity contribution >= 4 is 5.82 Å². The summed E-state index contributed by atoms with van der Waals surface area (Å²) in [6.45, 7) is 2.64. The third kappa shape index (κ3) is 4.22. The van der Waals surface area contributed by atoms with Crippen molar-refractivity contribution in [1.29, 1.82) is 0 Å². The third-order valence-electron chi connectivity index (χ3n) is 2.55. The molecule has 0 aliphatic carbocycles. The van der Waals surface area contributed by atoms with E-state index >= 15 is 0 Å². The van der Waals surface area contributed by atoms with Crippen LogP contribution in [0.2, 0.25) is 0 Å². The molecule has 0 aliphatic heterocycles. The van der Waals surface area contributed by atoms with Crippen molar-refractivity contribution in [3.8, 4) is 0 Å². The Kier molecular flexibility index (Phi) is 4.34. The minimum absolute atomic E-state index is 0.277. The largest absolute Gasteiger partial charge is 0.417 e. The zero-order chi connectivity index (χ0) is 13.1. The molecule has 1 unspecified atom stereocenters. The lowest BCUT2D eigenvalue weighted by Gasteiger charge is -2.20. The lowest BCUT2D eigenvalue weighted by Crippen LogP contribution is -2.31.